The Balaban J connectivity index is 2.32. The minimum Gasteiger partial charge on any atom is -0.477 e. The lowest BCUT2D eigenvalue weighted by Crippen LogP contribution is -1.95. The smallest absolute Gasteiger partial charge is 0.353 e. The maximum atomic E-state index is 10.6. The molecule has 0 saturated heterocycles. The number of thiazole rings is 1. The first-order valence-corrected chi connectivity index (χ1v) is 4.81. The van der Waals surface area contributed by atoms with Gasteiger partial charge in [0.25, 0.3) is 5.19 Å². The van der Waals surface area contributed by atoms with Crippen LogP contribution in [0.2, 0.25) is 0 Å². The second kappa shape index (κ2) is 3.70. The molecular weight excluding hydrogens is 218 g/mol. The highest BCUT2D eigenvalue weighted by atomic mass is 32.1. The molecule has 0 aliphatic carbocycles. The molecule has 0 bridgehead atoms. The molecule has 0 fully saturated rings. The summed E-state index contributed by atoms with van der Waals surface area (Å²) in [6.45, 7) is 0. The van der Waals surface area contributed by atoms with E-state index in [1.54, 1.807) is 6.20 Å². The first-order valence-electron chi connectivity index (χ1n) is 3.99. The van der Waals surface area contributed by atoms with Crippen LogP contribution < -0.4 is 4.74 Å². The van der Waals surface area contributed by atoms with Gasteiger partial charge in [0.05, 0.1) is 24.4 Å². The molecule has 7 heteroatoms. The van der Waals surface area contributed by atoms with Crippen LogP contribution in [-0.4, -0.2) is 33.1 Å². The fraction of sp³-hybridized carbons (Fsp3) is 0.125. The van der Waals surface area contributed by atoms with Gasteiger partial charge in [-0.25, -0.2) is 14.8 Å². The fourth-order valence-electron chi connectivity index (χ4n) is 1.02. The van der Waals surface area contributed by atoms with Crippen LogP contribution in [0.15, 0.2) is 12.4 Å². The molecule has 2 aromatic heterocycles. The van der Waals surface area contributed by atoms with Crippen LogP contribution in [0.4, 0.5) is 0 Å². The van der Waals surface area contributed by atoms with Crippen molar-refractivity contribution in [2.24, 2.45) is 0 Å². The van der Waals surface area contributed by atoms with E-state index in [1.807, 2.05) is 0 Å². The van der Waals surface area contributed by atoms with E-state index in [-0.39, 0.29) is 5.69 Å². The van der Waals surface area contributed by atoms with Gasteiger partial charge >= 0.3 is 5.97 Å². The quantitative estimate of drug-likeness (QED) is 0.820. The topological polar surface area (TPSA) is 88.1 Å². The Morgan fingerprint density at radius 1 is 1.53 bits per heavy atom. The summed E-state index contributed by atoms with van der Waals surface area (Å²) in [7, 11) is 1.52. The molecule has 0 saturated carbocycles. The van der Waals surface area contributed by atoms with E-state index in [9.17, 15) is 4.79 Å². The number of ether oxygens (including phenoxy) is 1. The van der Waals surface area contributed by atoms with E-state index in [4.69, 9.17) is 9.84 Å². The number of hydrogen-bond donors (Lipinski definition) is 2. The molecule has 0 aromatic carbocycles. The number of methoxy groups -OCH3 is 1. The highest BCUT2D eigenvalue weighted by molar-refractivity contribution is 7.16. The summed E-state index contributed by atoms with van der Waals surface area (Å²) < 4.78 is 4.92. The summed E-state index contributed by atoms with van der Waals surface area (Å²) in [5.41, 5.74) is 0.0531. The van der Waals surface area contributed by atoms with E-state index in [0.29, 0.717) is 11.0 Å². The van der Waals surface area contributed by atoms with Crippen molar-refractivity contribution in [3.05, 3.63) is 18.1 Å². The normalized spacial score (nSPS) is 10.2. The van der Waals surface area contributed by atoms with Crippen LogP contribution in [0.3, 0.4) is 0 Å². The standard InChI is InChI=1S/C8H7N3O3S/c1-14-8-10-3-5(15-8)6-9-2-4(11-6)7(12)13/h2-3H,1H3,(H,9,11)(H,12,13). The zero-order valence-electron chi connectivity index (χ0n) is 7.72. The second-order valence-electron chi connectivity index (χ2n) is 2.65. The summed E-state index contributed by atoms with van der Waals surface area (Å²) in [5.74, 6) is -0.557. The lowest BCUT2D eigenvalue weighted by atomic mass is 10.5. The van der Waals surface area contributed by atoms with Crippen LogP contribution in [0, 0.1) is 0 Å². The van der Waals surface area contributed by atoms with Gasteiger partial charge in [-0.3, -0.25) is 0 Å². The predicted octanol–water partition coefficient (Wildman–Crippen LogP) is 1.24. The Kier molecular flexibility index (Phi) is 2.38. The molecule has 0 spiro atoms. The molecule has 0 radical (unpaired) electrons. The number of aromatic nitrogens is 3. The van der Waals surface area contributed by atoms with Gasteiger partial charge in [-0.15, -0.1) is 0 Å². The van der Waals surface area contributed by atoms with E-state index < -0.39 is 5.97 Å². The van der Waals surface area contributed by atoms with Gasteiger partial charge in [-0.2, -0.15) is 0 Å². The number of aromatic amines is 1. The summed E-state index contributed by atoms with van der Waals surface area (Å²) in [5, 5.41) is 9.20. The maximum absolute atomic E-state index is 10.6. The summed E-state index contributed by atoms with van der Waals surface area (Å²) in [6, 6.07) is 0. The highest BCUT2D eigenvalue weighted by Crippen LogP contribution is 2.27. The third-order valence-corrected chi connectivity index (χ3v) is 2.66. The number of carboxylic acids is 1. The lowest BCUT2D eigenvalue weighted by molar-refractivity contribution is 0.0691. The van der Waals surface area contributed by atoms with E-state index in [2.05, 4.69) is 15.0 Å². The van der Waals surface area contributed by atoms with Crippen LogP contribution in [0.5, 0.6) is 5.19 Å². The zero-order chi connectivity index (χ0) is 10.8. The largest absolute Gasteiger partial charge is 0.477 e. The molecule has 0 aliphatic rings. The van der Waals surface area contributed by atoms with Crippen LogP contribution in [0.25, 0.3) is 10.7 Å². The minimum absolute atomic E-state index is 0.0531. The minimum atomic E-state index is -1.04. The van der Waals surface area contributed by atoms with Crippen molar-refractivity contribution >= 4 is 17.3 Å². The number of H-pyrrole nitrogens is 1. The molecule has 2 heterocycles. The first kappa shape index (κ1) is 9.66. The molecule has 15 heavy (non-hydrogen) atoms. The number of rotatable bonds is 3. The predicted molar refractivity (Wildman–Crippen MR) is 53.2 cm³/mol. The van der Waals surface area contributed by atoms with Gasteiger partial charge in [0, 0.05) is 0 Å². The molecule has 0 unspecified atom stereocenters. The molecule has 0 atom stereocenters. The third-order valence-electron chi connectivity index (χ3n) is 1.70. The Labute approximate surface area is 88.6 Å². The van der Waals surface area contributed by atoms with Crippen molar-refractivity contribution < 1.29 is 14.6 Å². The number of aromatic carboxylic acids is 1. The van der Waals surface area contributed by atoms with E-state index in [0.717, 1.165) is 4.88 Å². The van der Waals surface area contributed by atoms with Crippen LogP contribution >= 0.6 is 11.3 Å². The Hall–Kier alpha value is -1.89. The van der Waals surface area contributed by atoms with Gasteiger partial charge in [0.15, 0.2) is 0 Å². The molecule has 78 valence electrons. The van der Waals surface area contributed by atoms with Gasteiger partial charge in [-0.05, 0) is 0 Å². The van der Waals surface area contributed by atoms with Crippen molar-refractivity contribution in [3.63, 3.8) is 0 Å². The number of imidazole rings is 1. The molecule has 2 aromatic rings. The monoisotopic (exact) mass is 225 g/mol. The van der Waals surface area contributed by atoms with Crippen molar-refractivity contribution in [2.45, 2.75) is 0 Å². The number of carboxylic acid groups (broad SMARTS) is 1. The summed E-state index contributed by atoms with van der Waals surface area (Å²) in [4.78, 5) is 21.9. The number of hydrogen-bond acceptors (Lipinski definition) is 5. The molecule has 0 amide bonds. The number of nitrogens with one attached hydrogen (secondary N) is 1. The third kappa shape index (κ3) is 1.82. The molecule has 0 aliphatic heterocycles. The molecule has 2 rings (SSSR count). The molecule has 2 N–H and O–H groups in total. The SMILES string of the molecule is COc1ncc(-c2ncc(C(=O)O)[nH]2)s1. The summed E-state index contributed by atoms with van der Waals surface area (Å²) >= 11 is 1.29. The zero-order valence-corrected chi connectivity index (χ0v) is 8.54. The van der Waals surface area contributed by atoms with E-state index >= 15 is 0 Å². The first-order chi connectivity index (χ1) is 7.20. The highest BCUT2D eigenvalue weighted by Gasteiger charge is 2.11. The van der Waals surface area contributed by atoms with Gasteiger partial charge in [0.2, 0.25) is 0 Å². The lowest BCUT2D eigenvalue weighted by Gasteiger charge is -1.88. The van der Waals surface area contributed by atoms with Crippen molar-refractivity contribution in [1.29, 1.82) is 0 Å². The maximum Gasteiger partial charge on any atom is 0.353 e. The van der Waals surface area contributed by atoms with Crippen molar-refractivity contribution in [2.75, 3.05) is 7.11 Å². The van der Waals surface area contributed by atoms with E-state index in [1.165, 1.54) is 24.6 Å². The number of nitrogens with zero attached hydrogens (tertiary/aromatic N) is 2. The number of carbonyl (C=O) groups is 1. The Morgan fingerprint density at radius 3 is 2.87 bits per heavy atom. The Morgan fingerprint density at radius 2 is 2.33 bits per heavy atom. The van der Waals surface area contributed by atoms with Gasteiger partial charge in [-0.1, -0.05) is 11.3 Å². The van der Waals surface area contributed by atoms with Crippen molar-refractivity contribution in [1.82, 2.24) is 15.0 Å². The Bertz CT molecular complexity index is 491. The second-order valence-corrected chi connectivity index (χ2v) is 3.64. The van der Waals surface area contributed by atoms with Gasteiger partial charge < -0.3 is 14.8 Å². The van der Waals surface area contributed by atoms with Gasteiger partial charge in [0.1, 0.15) is 11.5 Å². The van der Waals surface area contributed by atoms with Crippen LogP contribution in [0.1, 0.15) is 10.5 Å². The average Bonchev–Trinajstić information content (AvgIpc) is 2.86. The van der Waals surface area contributed by atoms with Crippen LogP contribution in [-0.2, 0) is 0 Å². The average molecular weight is 225 g/mol. The fourth-order valence-corrected chi connectivity index (χ4v) is 1.70. The van der Waals surface area contributed by atoms with Crippen molar-refractivity contribution in [3.8, 4) is 15.9 Å². The summed E-state index contributed by atoms with van der Waals surface area (Å²) in [6.07, 6.45) is 2.85. The molecular formula is C8H7N3O3S. The molecule has 6 nitrogen and oxygen atoms in total.